The van der Waals surface area contributed by atoms with Crippen LogP contribution in [0.15, 0.2) is 53.6 Å². The number of carbonyl (C=O) groups is 2. The lowest BCUT2D eigenvalue weighted by Gasteiger charge is -2.05. The van der Waals surface area contributed by atoms with Crippen molar-refractivity contribution < 1.29 is 9.59 Å². The molecule has 2 N–H and O–H groups in total. The summed E-state index contributed by atoms with van der Waals surface area (Å²) in [7, 11) is 0. The molecule has 2 amide bonds. The predicted octanol–water partition coefficient (Wildman–Crippen LogP) is 3.13. The van der Waals surface area contributed by atoms with Gasteiger partial charge in [-0.05, 0) is 43.7 Å². The highest BCUT2D eigenvalue weighted by molar-refractivity contribution is 6.39. The molecule has 2 rings (SSSR count). The maximum atomic E-state index is 11.8. The Kier molecular flexibility index (Phi) is 5.49. The van der Waals surface area contributed by atoms with Crippen molar-refractivity contribution >= 4 is 34.8 Å². The Hall–Kier alpha value is -2.66. The summed E-state index contributed by atoms with van der Waals surface area (Å²) in [6.07, 6.45) is 0. The number of nitrogens with zero attached hydrogens (tertiary/aromatic N) is 1. The number of halogens is 1. The van der Waals surface area contributed by atoms with Gasteiger partial charge in [0, 0.05) is 10.7 Å². The van der Waals surface area contributed by atoms with Gasteiger partial charge < -0.3 is 5.32 Å². The Labute approximate surface area is 139 Å². The first-order chi connectivity index (χ1) is 11.0. The number of hydrogen-bond donors (Lipinski definition) is 2. The number of rotatable bonds is 3. The molecule has 0 saturated heterocycles. The van der Waals surface area contributed by atoms with Gasteiger partial charge in [-0.25, -0.2) is 5.43 Å². The fourth-order valence-electron chi connectivity index (χ4n) is 1.77. The summed E-state index contributed by atoms with van der Waals surface area (Å²) in [6.45, 7) is 3.74. The van der Waals surface area contributed by atoms with Crippen LogP contribution in [0, 0.1) is 6.92 Å². The third-order valence-electron chi connectivity index (χ3n) is 3.10. The fraction of sp³-hybridized carbons (Fsp3) is 0.118. The number of amides is 2. The van der Waals surface area contributed by atoms with Crippen LogP contribution in [0.3, 0.4) is 0 Å². The SMILES string of the molecule is C/C(=N\NC(=O)C(=O)Nc1ccc(Cl)cc1)c1ccc(C)cc1. The van der Waals surface area contributed by atoms with Crippen LogP contribution in [0.5, 0.6) is 0 Å². The molecule has 23 heavy (non-hydrogen) atoms. The lowest BCUT2D eigenvalue weighted by Crippen LogP contribution is -2.32. The number of hydrogen-bond acceptors (Lipinski definition) is 3. The number of aryl methyl sites for hydroxylation is 1. The van der Waals surface area contributed by atoms with E-state index < -0.39 is 11.8 Å². The maximum absolute atomic E-state index is 11.8. The molecule has 0 aliphatic heterocycles. The Balaban J connectivity index is 1.95. The molecule has 5 nitrogen and oxygen atoms in total. The summed E-state index contributed by atoms with van der Waals surface area (Å²) in [5.74, 6) is -1.64. The second-order valence-electron chi connectivity index (χ2n) is 4.97. The van der Waals surface area contributed by atoms with E-state index >= 15 is 0 Å². The van der Waals surface area contributed by atoms with Gasteiger partial charge in [-0.1, -0.05) is 41.4 Å². The first-order valence-corrected chi connectivity index (χ1v) is 7.32. The van der Waals surface area contributed by atoms with Gasteiger partial charge in [0.2, 0.25) is 0 Å². The van der Waals surface area contributed by atoms with Gasteiger partial charge >= 0.3 is 11.8 Å². The molecule has 118 valence electrons. The zero-order valence-corrected chi connectivity index (χ0v) is 13.5. The molecule has 0 aliphatic rings. The molecule has 2 aromatic rings. The van der Waals surface area contributed by atoms with E-state index in [1.807, 2.05) is 31.2 Å². The van der Waals surface area contributed by atoms with Crippen molar-refractivity contribution in [1.82, 2.24) is 5.43 Å². The van der Waals surface area contributed by atoms with Gasteiger partial charge in [-0.15, -0.1) is 0 Å². The molecule has 0 aromatic heterocycles. The highest BCUT2D eigenvalue weighted by Crippen LogP contribution is 2.13. The van der Waals surface area contributed by atoms with Crippen LogP contribution in [0.25, 0.3) is 0 Å². The van der Waals surface area contributed by atoms with Crippen LogP contribution in [0.2, 0.25) is 5.02 Å². The van der Waals surface area contributed by atoms with E-state index in [-0.39, 0.29) is 0 Å². The predicted molar refractivity (Wildman–Crippen MR) is 91.6 cm³/mol. The molecule has 0 aliphatic carbocycles. The van der Waals surface area contributed by atoms with E-state index in [1.54, 1.807) is 31.2 Å². The summed E-state index contributed by atoms with van der Waals surface area (Å²) in [5.41, 5.74) is 5.33. The van der Waals surface area contributed by atoms with E-state index in [9.17, 15) is 9.59 Å². The number of benzene rings is 2. The molecule has 0 saturated carbocycles. The Morgan fingerprint density at radius 3 is 2.17 bits per heavy atom. The van der Waals surface area contributed by atoms with E-state index in [0.29, 0.717) is 16.4 Å². The van der Waals surface area contributed by atoms with E-state index in [1.165, 1.54) is 0 Å². The van der Waals surface area contributed by atoms with Gasteiger partial charge in [-0.3, -0.25) is 9.59 Å². The van der Waals surface area contributed by atoms with Crippen LogP contribution in [-0.4, -0.2) is 17.5 Å². The molecular formula is C17H16ClN3O2. The van der Waals surface area contributed by atoms with Gasteiger partial charge in [0.15, 0.2) is 0 Å². The summed E-state index contributed by atoms with van der Waals surface area (Å²) in [5, 5.41) is 6.94. The van der Waals surface area contributed by atoms with Crippen molar-refractivity contribution in [2.75, 3.05) is 5.32 Å². The molecule has 6 heteroatoms. The van der Waals surface area contributed by atoms with Gasteiger partial charge in [0.1, 0.15) is 0 Å². The molecule has 0 spiro atoms. The van der Waals surface area contributed by atoms with Crippen molar-refractivity contribution in [1.29, 1.82) is 0 Å². The number of nitrogens with one attached hydrogen (secondary N) is 2. The average Bonchev–Trinajstić information content (AvgIpc) is 2.55. The first-order valence-electron chi connectivity index (χ1n) is 6.94. The van der Waals surface area contributed by atoms with Crippen LogP contribution in [0.4, 0.5) is 5.69 Å². The van der Waals surface area contributed by atoms with Crippen LogP contribution < -0.4 is 10.7 Å². The lowest BCUT2D eigenvalue weighted by molar-refractivity contribution is -0.136. The third kappa shape index (κ3) is 4.93. The summed E-state index contributed by atoms with van der Waals surface area (Å²) < 4.78 is 0. The fourth-order valence-corrected chi connectivity index (χ4v) is 1.89. The minimum atomic E-state index is -0.841. The van der Waals surface area contributed by atoms with Crippen LogP contribution in [0.1, 0.15) is 18.1 Å². The minimum Gasteiger partial charge on any atom is -0.318 e. The van der Waals surface area contributed by atoms with Crippen molar-refractivity contribution in [3.63, 3.8) is 0 Å². The lowest BCUT2D eigenvalue weighted by atomic mass is 10.1. The summed E-state index contributed by atoms with van der Waals surface area (Å²) >= 11 is 5.75. The monoisotopic (exact) mass is 329 g/mol. The zero-order chi connectivity index (χ0) is 16.8. The summed E-state index contributed by atoms with van der Waals surface area (Å²) in [6, 6.07) is 14.1. The minimum absolute atomic E-state index is 0.480. The topological polar surface area (TPSA) is 70.6 Å². The van der Waals surface area contributed by atoms with Crippen molar-refractivity contribution in [3.05, 3.63) is 64.7 Å². The average molecular weight is 330 g/mol. The smallest absolute Gasteiger partial charge is 0.318 e. The van der Waals surface area contributed by atoms with Crippen LogP contribution >= 0.6 is 11.6 Å². The highest BCUT2D eigenvalue weighted by Gasteiger charge is 2.13. The van der Waals surface area contributed by atoms with Gasteiger partial charge in [0.05, 0.1) is 5.71 Å². The molecule has 0 unspecified atom stereocenters. The van der Waals surface area contributed by atoms with Crippen LogP contribution in [-0.2, 0) is 9.59 Å². The Bertz CT molecular complexity index is 737. The standard InChI is InChI=1S/C17H16ClN3O2/c1-11-3-5-13(6-4-11)12(2)20-21-17(23)16(22)19-15-9-7-14(18)8-10-15/h3-10H,1-2H3,(H,19,22)(H,21,23)/b20-12+. The first kappa shape index (κ1) is 16.7. The van der Waals surface area contributed by atoms with Gasteiger partial charge in [0.25, 0.3) is 0 Å². The van der Waals surface area contributed by atoms with Crippen molar-refractivity contribution in [2.45, 2.75) is 13.8 Å². The van der Waals surface area contributed by atoms with E-state index in [2.05, 4.69) is 15.8 Å². The maximum Gasteiger partial charge on any atom is 0.329 e. The van der Waals surface area contributed by atoms with E-state index in [4.69, 9.17) is 11.6 Å². The normalized spacial score (nSPS) is 11.0. The summed E-state index contributed by atoms with van der Waals surface area (Å²) in [4.78, 5) is 23.5. The number of anilines is 1. The largest absolute Gasteiger partial charge is 0.329 e. The second-order valence-corrected chi connectivity index (χ2v) is 5.40. The zero-order valence-electron chi connectivity index (χ0n) is 12.8. The molecule has 0 radical (unpaired) electrons. The Morgan fingerprint density at radius 2 is 1.57 bits per heavy atom. The van der Waals surface area contributed by atoms with Crippen molar-refractivity contribution in [3.8, 4) is 0 Å². The number of carbonyl (C=O) groups excluding carboxylic acids is 2. The Morgan fingerprint density at radius 1 is 0.957 bits per heavy atom. The van der Waals surface area contributed by atoms with Crippen molar-refractivity contribution in [2.24, 2.45) is 5.10 Å². The van der Waals surface area contributed by atoms with E-state index in [0.717, 1.165) is 11.1 Å². The molecule has 0 fully saturated rings. The van der Waals surface area contributed by atoms with Gasteiger partial charge in [-0.2, -0.15) is 5.10 Å². The molecule has 0 bridgehead atoms. The quantitative estimate of drug-likeness (QED) is 0.516. The molecule has 0 heterocycles. The molecular weight excluding hydrogens is 314 g/mol. The highest BCUT2D eigenvalue weighted by atomic mass is 35.5. The second kappa shape index (κ2) is 7.56. The molecule has 0 atom stereocenters. The molecule has 2 aromatic carbocycles. The number of hydrazone groups is 1. The third-order valence-corrected chi connectivity index (χ3v) is 3.35.